The van der Waals surface area contributed by atoms with Crippen LogP contribution in [0.3, 0.4) is 0 Å². The van der Waals surface area contributed by atoms with E-state index in [1.54, 1.807) is 12.3 Å². The molecule has 0 radical (unpaired) electrons. The van der Waals surface area contributed by atoms with Crippen LogP contribution in [0.5, 0.6) is 0 Å². The van der Waals surface area contributed by atoms with Crippen molar-refractivity contribution in [3.63, 3.8) is 0 Å². The maximum absolute atomic E-state index is 10.9. The molecule has 1 fully saturated rings. The molecule has 1 N–H and O–H groups in total. The van der Waals surface area contributed by atoms with E-state index in [1.165, 1.54) is 11.5 Å². The van der Waals surface area contributed by atoms with Gasteiger partial charge in [-0.2, -0.15) is 0 Å². The number of nitrogens with zero attached hydrogens (tertiary/aromatic N) is 1. The van der Waals surface area contributed by atoms with Crippen LogP contribution in [0.4, 0.5) is 0 Å². The van der Waals surface area contributed by atoms with Gasteiger partial charge in [-0.15, -0.1) is 0 Å². The molecule has 2 rings (SSSR count). The van der Waals surface area contributed by atoms with Crippen molar-refractivity contribution in [1.29, 1.82) is 0 Å². The van der Waals surface area contributed by atoms with Crippen LogP contribution in [-0.2, 0) is 14.9 Å². The van der Waals surface area contributed by atoms with E-state index in [2.05, 4.69) is 4.37 Å². The lowest BCUT2D eigenvalue weighted by Gasteiger charge is -2.35. The largest absolute Gasteiger partial charge is 0.480 e. The highest BCUT2D eigenvalue weighted by Crippen LogP contribution is 2.34. The summed E-state index contributed by atoms with van der Waals surface area (Å²) in [6, 6.07) is 1.74. The first-order chi connectivity index (χ1) is 5.76. The van der Waals surface area contributed by atoms with Gasteiger partial charge in [0.15, 0.2) is 0 Å². The fourth-order valence-corrected chi connectivity index (χ4v) is 1.88. The zero-order chi connectivity index (χ0) is 8.60. The van der Waals surface area contributed by atoms with Crippen molar-refractivity contribution in [3.8, 4) is 0 Å². The van der Waals surface area contributed by atoms with Gasteiger partial charge in [0.2, 0.25) is 0 Å². The zero-order valence-electron chi connectivity index (χ0n) is 6.19. The Morgan fingerprint density at radius 1 is 1.75 bits per heavy atom. The SMILES string of the molecule is O=C(O)C1(c2ccns2)COC1. The zero-order valence-corrected chi connectivity index (χ0v) is 7.00. The second-order valence-corrected chi connectivity index (χ2v) is 3.59. The first kappa shape index (κ1) is 7.70. The third kappa shape index (κ3) is 0.867. The van der Waals surface area contributed by atoms with Gasteiger partial charge in [-0.3, -0.25) is 4.79 Å². The molecule has 2 heterocycles. The number of aliphatic carboxylic acids is 1. The Hall–Kier alpha value is -0.940. The Morgan fingerprint density at radius 3 is 2.83 bits per heavy atom. The fourth-order valence-electron chi connectivity index (χ4n) is 1.14. The highest BCUT2D eigenvalue weighted by Gasteiger charge is 2.49. The van der Waals surface area contributed by atoms with Crippen LogP contribution < -0.4 is 0 Å². The van der Waals surface area contributed by atoms with E-state index in [0.29, 0.717) is 0 Å². The van der Waals surface area contributed by atoms with Crippen molar-refractivity contribution < 1.29 is 14.6 Å². The Labute approximate surface area is 73.0 Å². The highest BCUT2D eigenvalue weighted by atomic mass is 32.1. The molecule has 0 atom stereocenters. The van der Waals surface area contributed by atoms with Crippen molar-refractivity contribution in [2.45, 2.75) is 5.41 Å². The molecule has 0 spiro atoms. The summed E-state index contributed by atoms with van der Waals surface area (Å²) in [5.41, 5.74) is -0.804. The van der Waals surface area contributed by atoms with Crippen LogP contribution in [-0.4, -0.2) is 28.7 Å². The molecule has 1 aliphatic heterocycles. The van der Waals surface area contributed by atoms with Gasteiger partial charge in [0.25, 0.3) is 0 Å². The summed E-state index contributed by atoms with van der Waals surface area (Å²) in [4.78, 5) is 11.7. The molecular formula is C7H7NO3S. The molecule has 0 amide bonds. The summed E-state index contributed by atoms with van der Waals surface area (Å²) in [5, 5.41) is 8.95. The van der Waals surface area contributed by atoms with Crippen LogP contribution in [0.2, 0.25) is 0 Å². The lowest BCUT2D eigenvalue weighted by molar-refractivity contribution is -0.162. The molecular weight excluding hydrogens is 178 g/mol. The lowest BCUT2D eigenvalue weighted by atomic mass is 9.84. The highest BCUT2D eigenvalue weighted by molar-refractivity contribution is 7.06. The van der Waals surface area contributed by atoms with Gasteiger partial charge in [0.05, 0.1) is 13.2 Å². The van der Waals surface area contributed by atoms with E-state index in [4.69, 9.17) is 9.84 Å². The number of carbonyl (C=O) groups is 1. The summed E-state index contributed by atoms with van der Waals surface area (Å²) < 4.78 is 8.80. The third-order valence-electron chi connectivity index (χ3n) is 2.02. The Balaban J connectivity index is 2.35. The lowest BCUT2D eigenvalue weighted by Crippen LogP contribution is -2.52. The number of rotatable bonds is 2. The monoisotopic (exact) mass is 185 g/mol. The van der Waals surface area contributed by atoms with E-state index in [9.17, 15) is 4.79 Å². The van der Waals surface area contributed by atoms with Crippen LogP contribution >= 0.6 is 11.5 Å². The quantitative estimate of drug-likeness (QED) is 0.728. The predicted octanol–water partition coefficient (Wildman–Crippen LogP) is 0.496. The first-order valence-corrected chi connectivity index (χ1v) is 4.25. The Bertz CT molecular complexity index is 292. The molecule has 0 saturated carbocycles. The summed E-state index contributed by atoms with van der Waals surface area (Å²) >= 11 is 1.22. The van der Waals surface area contributed by atoms with Crippen LogP contribution in [0.25, 0.3) is 0 Å². The minimum absolute atomic E-state index is 0.268. The number of carboxylic acid groups (broad SMARTS) is 1. The molecule has 1 aromatic heterocycles. The Morgan fingerprint density at radius 2 is 2.50 bits per heavy atom. The normalized spacial score (nSPS) is 20.0. The summed E-state index contributed by atoms with van der Waals surface area (Å²) in [7, 11) is 0. The molecule has 0 aromatic carbocycles. The van der Waals surface area contributed by atoms with E-state index in [-0.39, 0.29) is 13.2 Å². The van der Waals surface area contributed by atoms with Crippen LogP contribution in [0.1, 0.15) is 4.88 Å². The Kier molecular flexibility index (Phi) is 1.62. The first-order valence-electron chi connectivity index (χ1n) is 3.48. The minimum atomic E-state index is -0.821. The van der Waals surface area contributed by atoms with E-state index in [0.717, 1.165) is 4.88 Å². The molecule has 1 saturated heterocycles. The average Bonchev–Trinajstić information content (AvgIpc) is 2.35. The maximum atomic E-state index is 10.9. The van der Waals surface area contributed by atoms with Gasteiger partial charge in [-0.1, -0.05) is 0 Å². The van der Waals surface area contributed by atoms with Crippen LogP contribution in [0, 0.1) is 0 Å². The van der Waals surface area contributed by atoms with Gasteiger partial charge in [-0.05, 0) is 17.6 Å². The molecule has 1 aliphatic rings. The van der Waals surface area contributed by atoms with Crippen molar-refractivity contribution in [3.05, 3.63) is 17.1 Å². The van der Waals surface area contributed by atoms with Gasteiger partial charge in [-0.25, -0.2) is 4.37 Å². The second-order valence-electron chi connectivity index (χ2n) is 2.76. The summed E-state index contributed by atoms with van der Waals surface area (Å²) in [6.45, 7) is 0.537. The van der Waals surface area contributed by atoms with Crippen molar-refractivity contribution in [2.75, 3.05) is 13.2 Å². The molecule has 64 valence electrons. The number of aromatic nitrogens is 1. The third-order valence-corrected chi connectivity index (χ3v) is 2.97. The molecule has 1 aromatic rings. The average molecular weight is 185 g/mol. The summed E-state index contributed by atoms with van der Waals surface area (Å²) in [6.07, 6.45) is 1.61. The number of ether oxygens (including phenoxy) is 1. The molecule has 5 heteroatoms. The van der Waals surface area contributed by atoms with Crippen LogP contribution in [0.15, 0.2) is 12.3 Å². The number of hydrogen-bond acceptors (Lipinski definition) is 4. The van der Waals surface area contributed by atoms with Gasteiger partial charge in [0.1, 0.15) is 5.41 Å². The van der Waals surface area contributed by atoms with E-state index < -0.39 is 11.4 Å². The smallest absolute Gasteiger partial charge is 0.319 e. The van der Waals surface area contributed by atoms with E-state index in [1.807, 2.05) is 0 Å². The summed E-state index contributed by atoms with van der Waals surface area (Å²) in [5.74, 6) is -0.821. The minimum Gasteiger partial charge on any atom is -0.480 e. The van der Waals surface area contributed by atoms with Crippen molar-refractivity contribution in [2.24, 2.45) is 0 Å². The van der Waals surface area contributed by atoms with Crippen molar-refractivity contribution in [1.82, 2.24) is 4.37 Å². The van der Waals surface area contributed by atoms with Gasteiger partial charge >= 0.3 is 5.97 Å². The maximum Gasteiger partial charge on any atom is 0.319 e. The second kappa shape index (κ2) is 2.53. The fraction of sp³-hybridized carbons (Fsp3) is 0.429. The van der Waals surface area contributed by atoms with E-state index >= 15 is 0 Å². The van der Waals surface area contributed by atoms with Gasteiger partial charge in [0, 0.05) is 11.1 Å². The standard InChI is InChI=1S/C7H7NO3S/c9-6(10)7(3-11-4-7)5-1-2-8-12-5/h1-2H,3-4H2,(H,9,10). The topological polar surface area (TPSA) is 59.4 Å². The molecule has 0 bridgehead atoms. The molecule has 4 nitrogen and oxygen atoms in total. The number of carboxylic acids is 1. The molecule has 12 heavy (non-hydrogen) atoms. The van der Waals surface area contributed by atoms with Gasteiger partial charge < -0.3 is 9.84 Å². The molecule has 0 unspecified atom stereocenters. The predicted molar refractivity (Wildman–Crippen MR) is 42.2 cm³/mol. The van der Waals surface area contributed by atoms with Crippen molar-refractivity contribution >= 4 is 17.5 Å². The number of hydrogen-bond donors (Lipinski definition) is 1. The molecule has 0 aliphatic carbocycles.